The van der Waals surface area contributed by atoms with Crippen LogP contribution in [0.3, 0.4) is 0 Å². The Bertz CT molecular complexity index is 670. The molecule has 7 nitrogen and oxygen atoms in total. The molecule has 1 unspecified atom stereocenters. The number of hydrogen-bond donors (Lipinski definition) is 2. The normalized spacial score (nSPS) is 19.6. The van der Waals surface area contributed by atoms with Gasteiger partial charge in [0, 0.05) is 24.3 Å². The predicted molar refractivity (Wildman–Crippen MR) is 82.7 cm³/mol. The van der Waals surface area contributed by atoms with Gasteiger partial charge < -0.3 is 11.1 Å². The third-order valence-electron chi connectivity index (χ3n) is 3.66. The third kappa shape index (κ3) is 4.05. The lowest BCUT2D eigenvalue weighted by Crippen LogP contribution is -2.43. The fourth-order valence-corrected chi connectivity index (χ4v) is 3.33. The Morgan fingerprint density at radius 1 is 1.27 bits per heavy atom. The van der Waals surface area contributed by atoms with Gasteiger partial charge >= 0.3 is 0 Å². The zero-order valence-electron chi connectivity index (χ0n) is 12.3. The lowest BCUT2D eigenvalue weighted by molar-refractivity contribution is -0.120. The molecule has 1 fully saturated rings. The number of benzene rings is 1. The second-order valence-corrected chi connectivity index (χ2v) is 7.37. The smallest absolute Gasteiger partial charge is 0.248 e. The Morgan fingerprint density at radius 2 is 1.91 bits per heavy atom. The number of nitrogens with one attached hydrogen (secondary N) is 1. The summed E-state index contributed by atoms with van der Waals surface area (Å²) in [5.41, 5.74) is 6.06. The molecular formula is C14H19N3O4S. The first-order valence-electron chi connectivity index (χ1n) is 6.93. The second-order valence-electron chi connectivity index (χ2n) is 5.39. The van der Waals surface area contributed by atoms with Crippen molar-refractivity contribution >= 4 is 27.5 Å². The maximum absolute atomic E-state index is 12.2. The van der Waals surface area contributed by atoms with Gasteiger partial charge in [-0.2, -0.15) is 0 Å². The summed E-state index contributed by atoms with van der Waals surface area (Å²) in [5, 5.41) is 2.74. The predicted octanol–water partition coefficient (Wildman–Crippen LogP) is 0.396. The number of nitrogens with zero attached hydrogens (tertiary/aromatic N) is 1. The van der Waals surface area contributed by atoms with Crippen molar-refractivity contribution in [1.82, 2.24) is 4.31 Å². The van der Waals surface area contributed by atoms with Gasteiger partial charge in [-0.05, 0) is 37.1 Å². The maximum atomic E-state index is 12.2. The summed E-state index contributed by atoms with van der Waals surface area (Å²) < 4.78 is 24.5. The van der Waals surface area contributed by atoms with Gasteiger partial charge in [-0.3, -0.25) is 9.59 Å². The molecule has 0 spiro atoms. The number of sulfonamides is 1. The molecule has 1 aromatic rings. The molecular weight excluding hydrogens is 306 g/mol. The van der Waals surface area contributed by atoms with Crippen molar-refractivity contribution in [2.24, 2.45) is 11.7 Å². The summed E-state index contributed by atoms with van der Waals surface area (Å²) in [6.07, 6.45) is 2.46. The molecule has 0 radical (unpaired) electrons. The Labute approximate surface area is 129 Å². The van der Waals surface area contributed by atoms with Gasteiger partial charge in [-0.25, -0.2) is 12.7 Å². The van der Waals surface area contributed by atoms with Gasteiger partial charge in [0.15, 0.2) is 0 Å². The fourth-order valence-electron chi connectivity index (χ4n) is 2.42. The molecule has 0 bridgehead atoms. The Kier molecular flexibility index (Phi) is 4.82. The molecule has 0 aromatic heterocycles. The summed E-state index contributed by atoms with van der Waals surface area (Å²) in [6, 6.07) is 6.24. The van der Waals surface area contributed by atoms with E-state index >= 15 is 0 Å². The van der Waals surface area contributed by atoms with Crippen molar-refractivity contribution in [3.8, 4) is 0 Å². The van der Waals surface area contributed by atoms with Crippen molar-refractivity contribution in [3.05, 3.63) is 29.8 Å². The van der Waals surface area contributed by atoms with Crippen molar-refractivity contribution in [2.45, 2.75) is 12.8 Å². The van der Waals surface area contributed by atoms with E-state index in [1.54, 1.807) is 12.1 Å². The summed E-state index contributed by atoms with van der Waals surface area (Å²) in [5.74, 6) is -1.13. The Morgan fingerprint density at radius 3 is 2.45 bits per heavy atom. The van der Waals surface area contributed by atoms with Gasteiger partial charge in [0.25, 0.3) is 0 Å². The largest absolute Gasteiger partial charge is 0.366 e. The molecule has 1 aliphatic heterocycles. The van der Waals surface area contributed by atoms with E-state index < -0.39 is 15.9 Å². The van der Waals surface area contributed by atoms with Crippen molar-refractivity contribution in [3.63, 3.8) is 0 Å². The molecule has 0 aliphatic carbocycles. The van der Waals surface area contributed by atoms with Crippen LogP contribution in [0, 0.1) is 5.92 Å². The van der Waals surface area contributed by atoms with E-state index in [9.17, 15) is 18.0 Å². The summed E-state index contributed by atoms with van der Waals surface area (Å²) >= 11 is 0. The van der Waals surface area contributed by atoms with Gasteiger partial charge in [-0.15, -0.1) is 0 Å². The van der Waals surface area contributed by atoms with Crippen molar-refractivity contribution < 1.29 is 18.0 Å². The monoisotopic (exact) mass is 325 g/mol. The fraction of sp³-hybridized carbons (Fsp3) is 0.429. The molecule has 1 aliphatic rings. The van der Waals surface area contributed by atoms with E-state index in [4.69, 9.17) is 5.73 Å². The highest BCUT2D eigenvalue weighted by Gasteiger charge is 2.30. The molecule has 0 saturated carbocycles. The summed E-state index contributed by atoms with van der Waals surface area (Å²) in [7, 11) is -3.28. The maximum Gasteiger partial charge on any atom is 0.248 e. The molecule has 2 rings (SSSR count). The molecule has 1 aromatic carbocycles. The molecule has 1 heterocycles. The van der Waals surface area contributed by atoms with Crippen LogP contribution >= 0.6 is 0 Å². The topological polar surface area (TPSA) is 110 Å². The number of carbonyl (C=O) groups is 2. The van der Waals surface area contributed by atoms with E-state index in [1.807, 2.05) is 0 Å². The lowest BCUT2D eigenvalue weighted by Gasteiger charge is -2.30. The minimum atomic E-state index is -3.28. The number of nitrogens with two attached hydrogens (primary N) is 1. The highest BCUT2D eigenvalue weighted by atomic mass is 32.2. The molecule has 120 valence electrons. The molecule has 1 saturated heterocycles. The van der Waals surface area contributed by atoms with E-state index in [1.165, 1.54) is 16.4 Å². The number of piperidine rings is 1. The Balaban J connectivity index is 2.01. The quantitative estimate of drug-likeness (QED) is 0.834. The van der Waals surface area contributed by atoms with Crippen molar-refractivity contribution in [2.75, 3.05) is 24.7 Å². The number of anilines is 1. The number of primary amides is 1. The van der Waals surface area contributed by atoms with Crippen LogP contribution in [0.25, 0.3) is 0 Å². The molecule has 22 heavy (non-hydrogen) atoms. The minimum absolute atomic E-state index is 0.198. The van der Waals surface area contributed by atoms with E-state index in [0.29, 0.717) is 30.6 Å². The number of hydrogen-bond acceptors (Lipinski definition) is 4. The second kappa shape index (κ2) is 6.45. The van der Waals surface area contributed by atoms with Crippen LogP contribution in [-0.4, -0.2) is 43.9 Å². The average molecular weight is 325 g/mol. The van der Waals surface area contributed by atoms with Crippen LogP contribution in [0.5, 0.6) is 0 Å². The summed E-state index contributed by atoms with van der Waals surface area (Å²) in [6.45, 7) is 0.653. The first kappa shape index (κ1) is 16.4. The lowest BCUT2D eigenvalue weighted by atomic mass is 9.98. The average Bonchev–Trinajstić information content (AvgIpc) is 2.47. The van der Waals surface area contributed by atoms with E-state index in [0.717, 1.165) is 6.26 Å². The van der Waals surface area contributed by atoms with Crippen molar-refractivity contribution in [1.29, 1.82) is 0 Å². The number of carbonyl (C=O) groups excluding carboxylic acids is 2. The SMILES string of the molecule is CS(=O)(=O)N1CCCC(C(=O)Nc2ccc(C(N)=O)cc2)C1. The minimum Gasteiger partial charge on any atom is -0.366 e. The molecule has 1 atom stereocenters. The third-order valence-corrected chi connectivity index (χ3v) is 4.93. The van der Waals surface area contributed by atoms with Crippen LogP contribution in [0.15, 0.2) is 24.3 Å². The van der Waals surface area contributed by atoms with Crippen LogP contribution in [0.1, 0.15) is 23.2 Å². The van der Waals surface area contributed by atoms with Crippen LogP contribution in [-0.2, 0) is 14.8 Å². The molecule has 3 N–H and O–H groups in total. The van der Waals surface area contributed by atoms with E-state index in [2.05, 4.69) is 5.32 Å². The van der Waals surface area contributed by atoms with Gasteiger partial charge in [-0.1, -0.05) is 0 Å². The molecule has 2 amide bonds. The van der Waals surface area contributed by atoms with E-state index in [-0.39, 0.29) is 18.4 Å². The summed E-state index contributed by atoms with van der Waals surface area (Å²) in [4.78, 5) is 23.2. The molecule has 8 heteroatoms. The van der Waals surface area contributed by atoms with Crippen LogP contribution < -0.4 is 11.1 Å². The highest BCUT2D eigenvalue weighted by molar-refractivity contribution is 7.88. The number of amides is 2. The standard InChI is InChI=1S/C14H19N3O4S/c1-22(20,21)17-8-2-3-11(9-17)14(19)16-12-6-4-10(5-7-12)13(15)18/h4-7,11H,2-3,8-9H2,1H3,(H2,15,18)(H,16,19). The Hall–Kier alpha value is -1.93. The zero-order chi connectivity index (χ0) is 16.3. The van der Waals surface area contributed by atoms with Crippen LogP contribution in [0.4, 0.5) is 5.69 Å². The zero-order valence-corrected chi connectivity index (χ0v) is 13.1. The van der Waals surface area contributed by atoms with Gasteiger partial charge in [0.1, 0.15) is 0 Å². The van der Waals surface area contributed by atoms with Gasteiger partial charge in [0.05, 0.1) is 12.2 Å². The first-order chi connectivity index (χ1) is 10.3. The number of rotatable bonds is 4. The highest BCUT2D eigenvalue weighted by Crippen LogP contribution is 2.20. The first-order valence-corrected chi connectivity index (χ1v) is 8.78. The van der Waals surface area contributed by atoms with Crippen LogP contribution in [0.2, 0.25) is 0 Å². The van der Waals surface area contributed by atoms with Gasteiger partial charge in [0.2, 0.25) is 21.8 Å².